The van der Waals surface area contributed by atoms with Crippen molar-refractivity contribution < 1.29 is 27.6 Å². The molecule has 2 aromatic rings. The summed E-state index contributed by atoms with van der Waals surface area (Å²) in [6, 6.07) is 7.23. The van der Waals surface area contributed by atoms with Gasteiger partial charge in [0, 0.05) is 6.07 Å². The molecule has 0 saturated carbocycles. The number of carbonyl (C=O) groups is 1. The van der Waals surface area contributed by atoms with E-state index in [9.17, 15) is 32.8 Å². The maximum atomic E-state index is 13.5. The monoisotopic (exact) mass is 368 g/mol. The Morgan fingerprint density at radius 1 is 1.24 bits per heavy atom. The van der Waals surface area contributed by atoms with Crippen molar-refractivity contribution in [3.63, 3.8) is 0 Å². The maximum Gasteiger partial charge on any atom is 0.327 e. The van der Waals surface area contributed by atoms with Gasteiger partial charge in [0.1, 0.15) is 11.9 Å². The molecule has 132 valence electrons. The highest BCUT2D eigenvalue weighted by molar-refractivity contribution is 7.93. The van der Waals surface area contributed by atoms with E-state index in [4.69, 9.17) is 0 Å². The predicted octanol–water partition coefficient (Wildman–Crippen LogP) is 2.40. The van der Waals surface area contributed by atoms with Crippen molar-refractivity contribution in [1.82, 2.24) is 0 Å². The zero-order chi connectivity index (χ0) is 18.8. The smallest absolute Gasteiger partial charge is 0.327 e. The Labute approximate surface area is 142 Å². The first-order valence-electron chi connectivity index (χ1n) is 6.92. The van der Waals surface area contributed by atoms with E-state index >= 15 is 0 Å². The molecule has 0 aliphatic heterocycles. The summed E-state index contributed by atoms with van der Waals surface area (Å²) in [6.07, 6.45) is 0. The highest BCUT2D eigenvalue weighted by atomic mass is 32.2. The number of benzene rings is 2. The second-order valence-electron chi connectivity index (χ2n) is 5.02. The van der Waals surface area contributed by atoms with E-state index in [1.807, 2.05) is 0 Å². The number of para-hydroxylation sites is 1. The van der Waals surface area contributed by atoms with Crippen molar-refractivity contribution in [1.29, 1.82) is 0 Å². The Balaban J connectivity index is 2.73. The second kappa shape index (κ2) is 6.85. The quantitative estimate of drug-likeness (QED) is 0.618. The first-order chi connectivity index (χ1) is 11.7. The Kier molecular flexibility index (Phi) is 5.02. The summed E-state index contributed by atoms with van der Waals surface area (Å²) in [4.78, 5) is 20.9. The molecule has 2 rings (SSSR count). The average molecular weight is 368 g/mol. The summed E-state index contributed by atoms with van der Waals surface area (Å²) < 4.78 is 39.9. The molecule has 1 unspecified atom stereocenters. The number of hydrogen-bond acceptors (Lipinski definition) is 5. The van der Waals surface area contributed by atoms with Gasteiger partial charge in [-0.15, -0.1) is 0 Å². The van der Waals surface area contributed by atoms with E-state index in [-0.39, 0.29) is 5.69 Å². The number of rotatable bonds is 6. The van der Waals surface area contributed by atoms with Gasteiger partial charge < -0.3 is 5.11 Å². The van der Waals surface area contributed by atoms with Gasteiger partial charge in [-0.1, -0.05) is 18.2 Å². The number of nitro benzene ring substituents is 1. The largest absolute Gasteiger partial charge is 0.480 e. The number of anilines is 1. The summed E-state index contributed by atoms with van der Waals surface area (Å²) >= 11 is 0. The summed E-state index contributed by atoms with van der Waals surface area (Å²) in [5, 5.41) is 20.4. The molecule has 1 atom stereocenters. The molecule has 0 radical (unpaired) electrons. The van der Waals surface area contributed by atoms with Gasteiger partial charge in [0.2, 0.25) is 0 Å². The van der Waals surface area contributed by atoms with Gasteiger partial charge in [-0.25, -0.2) is 17.6 Å². The van der Waals surface area contributed by atoms with Crippen LogP contribution in [0.3, 0.4) is 0 Å². The summed E-state index contributed by atoms with van der Waals surface area (Å²) in [5.74, 6) is -2.27. The number of carboxylic acid groups (broad SMARTS) is 1. The minimum absolute atomic E-state index is 0.256. The molecule has 8 nitrogen and oxygen atoms in total. The van der Waals surface area contributed by atoms with Crippen LogP contribution >= 0.6 is 0 Å². The molecule has 0 aliphatic carbocycles. The van der Waals surface area contributed by atoms with E-state index in [1.165, 1.54) is 24.3 Å². The number of nitro groups is 1. The fourth-order valence-electron chi connectivity index (χ4n) is 2.22. The molecule has 0 spiro atoms. The second-order valence-corrected chi connectivity index (χ2v) is 6.80. The van der Waals surface area contributed by atoms with Gasteiger partial charge in [-0.3, -0.25) is 14.4 Å². The van der Waals surface area contributed by atoms with Gasteiger partial charge >= 0.3 is 5.97 Å². The molecule has 0 fully saturated rings. The van der Waals surface area contributed by atoms with Crippen molar-refractivity contribution in [3.05, 3.63) is 64.5 Å². The first-order valence-corrected chi connectivity index (χ1v) is 8.36. The van der Waals surface area contributed by atoms with Crippen LogP contribution in [0.4, 0.5) is 15.8 Å². The lowest BCUT2D eigenvalue weighted by atomic mass is 10.2. The lowest BCUT2D eigenvalue weighted by molar-refractivity contribution is -0.387. The van der Waals surface area contributed by atoms with Crippen LogP contribution in [0.25, 0.3) is 0 Å². The molecule has 10 heteroatoms. The molecular formula is C15H13FN2O6S. The molecule has 1 N–H and O–H groups in total. The van der Waals surface area contributed by atoms with Gasteiger partial charge in [0.15, 0.2) is 4.90 Å². The van der Waals surface area contributed by atoms with Crippen LogP contribution in [0.2, 0.25) is 0 Å². The van der Waals surface area contributed by atoms with Crippen LogP contribution in [0.1, 0.15) is 6.92 Å². The maximum absolute atomic E-state index is 13.5. The van der Waals surface area contributed by atoms with E-state index in [0.717, 1.165) is 31.2 Å². The third-order valence-corrected chi connectivity index (χ3v) is 5.32. The Morgan fingerprint density at radius 2 is 1.88 bits per heavy atom. The van der Waals surface area contributed by atoms with Crippen molar-refractivity contribution in [2.24, 2.45) is 0 Å². The predicted molar refractivity (Wildman–Crippen MR) is 86.3 cm³/mol. The molecular weight excluding hydrogens is 355 g/mol. The molecule has 0 bridgehead atoms. The Hall–Kier alpha value is -3.01. The van der Waals surface area contributed by atoms with E-state index < -0.39 is 43.4 Å². The normalized spacial score (nSPS) is 12.4. The number of halogens is 1. The standard InChI is InChI=1S/C15H13FN2O6S/c1-10(15(19)20)17(12-6-4-5-11(16)9-12)25(23,24)14-8-3-2-7-13(14)18(21)22/h2-10H,1H3,(H,19,20). The number of carboxylic acids is 1. The molecule has 0 aliphatic rings. The lowest BCUT2D eigenvalue weighted by Gasteiger charge is -2.27. The average Bonchev–Trinajstić information content (AvgIpc) is 2.54. The number of nitrogens with zero attached hydrogens (tertiary/aromatic N) is 2. The number of hydrogen-bond donors (Lipinski definition) is 1. The first kappa shape index (κ1) is 18.3. The highest BCUT2D eigenvalue weighted by Gasteiger charge is 2.37. The molecule has 0 aromatic heterocycles. The topological polar surface area (TPSA) is 118 Å². The summed E-state index contributed by atoms with van der Waals surface area (Å²) in [5.41, 5.74) is -0.963. The van der Waals surface area contributed by atoms with Crippen molar-refractivity contribution >= 4 is 27.4 Å². The molecule has 25 heavy (non-hydrogen) atoms. The Morgan fingerprint density at radius 3 is 2.44 bits per heavy atom. The molecule has 0 saturated heterocycles. The summed E-state index contributed by atoms with van der Waals surface area (Å²) in [6.45, 7) is 1.08. The van der Waals surface area contributed by atoms with Crippen LogP contribution < -0.4 is 4.31 Å². The summed E-state index contributed by atoms with van der Waals surface area (Å²) in [7, 11) is -4.65. The lowest BCUT2D eigenvalue weighted by Crippen LogP contribution is -2.43. The fraction of sp³-hybridized carbons (Fsp3) is 0.133. The van der Waals surface area contributed by atoms with E-state index in [2.05, 4.69) is 0 Å². The molecule has 2 aromatic carbocycles. The Bertz CT molecular complexity index is 931. The van der Waals surface area contributed by atoms with E-state index in [0.29, 0.717) is 4.31 Å². The van der Waals surface area contributed by atoms with Crippen LogP contribution in [-0.4, -0.2) is 30.5 Å². The number of aliphatic carboxylic acids is 1. The fourth-order valence-corrected chi connectivity index (χ4v) is 3.98. The van der Waals surface area contributed by atoms with Gasteiger partial charge in [-0.2, -0.15) is 0 Å². The minimum Gasteiger partial charge on any atom is -0.480 e. The third-order valence-electron chi connectivity index (χ3n) is 3.37. The SMILES string of the molecule is CC(C(=O)O)N(c1cccc(F)c1)S(=O)(=O)c1ccccc1[N+](=O)[O-]. The van der Waals surface area contributed by atoms with Crippen LogP contribution in [-0.2, 0) is 14.8 Å². The zero-order valence-corrected chi connectivity index (χ0v) is 13.7. The minimum atomic E-state index is -4.65. The van der Waals surface area contributed by atoms with Crippen LogP contribution in [0.15, 0.2) is 53.4 Å². The van der Waals surface area contributed by atoms with Crippen molar-refractivity contribution in [3.8, 4) is 0 Å². The van der Waals surface area contributed by atoms with Crippen LogP contribution in [0, 0.1) is 15.9 Å². The van der Waals surface area contributed by atoms with Crippen LogP contribution in [0.5, 0.6) is 0 Å². The van der Waals surface area contributed by atoms with Crippen molar-refractivity contribution in [2.45, 2.75) is 17.9 Å². The zero-order valence-electron chi connectivity index (χ0n) is 12.9. The third kappa shape index (κ3) is 3.58. The van der Waals surface area contributed by atoms with Gasteiger partial charge in [0.05, 0.1) is 10.6 Å². The van der Waals surface area contributed by atoms with E-state index in [1.54, 1.807) is 0 Å². The molecule has 0 amide bonds. The number of sulfonamides is 1. The van der Waals surface area contributed by atoms with Gasteiger partial charge in [0.25, 0.3) is 15.7 Å². The van der Waals surface area contributed by atoms with Gasteiger partial charge in [-0.05, 0) is 31.2 Å². The molecule has 0 heterocycles. The highest BCUT2D eigenvalue weighted by Crippen LogP contribution is 2.31. The van der Waals surface area contributed by atoms with Crippen molar-refractivity contribution in [2.75, 3.05) is 4.31 Å².